The standard InChI is InChI=1S/C23H26N8/c1-3-19-22(21-5-4-11-25-31(21)28-19)20-10-12-24-23(27-20)26-17-6-8-18(9-7-17)30-15-13-29(2)14-16-30/h4-12H,3,13-16H2,1-2H3,(H,24,26,27). The summed E-state index contributed by atoms with van der Waals surface area (Å²) in [7, 11) is 2.17. The summed E-state index contributed by atoms with van der Waals surface area (Å²) in [5.74, 6) is 0.565. The number of aryl methyl sites for hydroxylation is 1. The van der Waals surface area contributed by atoms with E-state index in [0.29, 0.717) is 5.95 Å². The van der Waals surface area contributed by atoms with Gasteiger partial charge >= 0.3 is 0 Å². The molecule has 8 nitrogen and oxygen atoms in total. The smallest absolute Gasteiger partial charge is 0.227 e. The van der Waals surface area contributed by atoms with Crippen LogP contribution < -0.4 is 10.2 Å². The van der Waals surface area contributed by atoms with E-state index >= 15 is 0 Å². The van der Waals surface area contributed by atoms with E-state index in [1.165, 1.54) is 5.69 Å². The largest absolute Gasteiger partial charge is 0.369 e. The molecule has 0 saturated carbocycles. The lowest BCUT2D eigenvalue weighted by Crippen LogP contribution is -2.44. The van der Waals surface area contributed by atoms with Crippen LogP contribution >= 0.6 is 0 Å². The van der Waals surface area contributed by atoms with E-state index < -0.39 is 0 Å². The molecule has 4 heterocycles. The first-order chi connectivity index (χ1) is 15.2. The van der Waals surface area contributed by atoms with Crippen molar-refractivity contribution in [1.29, 1.82) is 0 Å². The van der Waals surface area contributed by atoms with Crippen LogP contribution in [-0.4, -0.2) is 62.9 Å². The van der Waals surface area contributed by atoms with Gasteiger partial charge in [0.25, 0.3) is 0 Å². The fraction of sp³-hybridized carbons (Fsp3) is 0.304. The number of nitrogens with zero attached hydrogens (tertiary/aromatic N) is 7. The Bertz CT molecular complexity index is 1180. The molecule has 0 radical (unpaired) electrons. The van der Waals surface area contributed by atoms with Gasteiger partial charge in [-0.2, -0.15) is 14.8 Å². The third-order valence-electron chi connectivity index (χ3n) is 5.73. The number of hydrogen-bond donors (Lipinski definition) is 1. The quantitative estimate of drug-likeness (QED) is 0.537. The van der Waals surface area contributed by atoms with Crippen LogP contribution in [0.4, 0.5) is 17.3 Å². The second kappa shape index (κ2) is 8.31. The van der Waals surface area contributed by atoms with Crippen LogP contribution in [-0.2, 0) is 6.42 Å². The molecule has 0 unspecified atom stereocenters. The second-order valence-corrected chi connectivity index (χ2v) is 7.80. The van der Waals surface area contributed by atoms with Gasteiger partial charge in [-0.15, -0.1) is 0 Å². The molecule has 1 aliphatic heterocycles. The van der Waals surface area contributed by atoms with Crippen molar-refractivity contribution in [3.05, 3.63) is 60.6 Å². The molecule has 0 amide bonds. The monoisotopic (exact) mass is 414 g/mol. The zero-order valence-electron chi connectivity index (χ0n) is 17.9. The van der Waals surface area contributed by atoms with E-state index in [9.17, 15) is 0 Å². The summed E-state index contributed by atoms with van der Waals surface area (Å²) in [6, 6.07) is 14.3. The number of likely N-dealkylation sites (N-methyl/N-ethyl adjacent to an activating group) is 1. The Morgan fingerprint density at radius 2 is 1.77 bits per heavy atom. The number of fused-ring (bicyclic) bond motifs is 1. The molecule has 1 saturated heterocycles. The lowest BCUT2D eigenvalue weighted by molar-refractivity contribution is 0.313. The third kappa shape index (κ3) is 3.94. The highest BCUT2D eigenvalue weighted by atomic mass is 15.4. The fourth-order valence-electron chi connectivity index (χ4n) is 3.97. The molecule has 0 spiro atoms. The maximum Gasteiger partial charge on any atom is 0.227 e. The van der Waals surface area contributed by atoms with Crippen molar-refractivity contribution >= 4 is 22.8 Å². The van der Waals surface area contributed by atoms with Crippen molar-refractivity contribution in [3.8, 4) is 11.3 Å². The number of nitrogens with one attached hydrogen (secondary N) is 1. The summed E-state index contributed by atoms with van der Waals surface area (Å²) >= 11 is 0. The predicted molar refractivity (Wildman–Crippen MR) is 123 cm³/mol. The minimum Gasteiger partial charge on any atom is -0.369 e. The predicted octanol–water partition coefficient (Wildman–Crippen LogP) is 3.24. The molecule has 158 valence electrons. The van der Waals surface area contributed by atoms with E-state index in [2.05, 4.69) is 68.5 Å². The van der Waals surface area contributed by atoms with E-state index in [1.807, 2.05) is 18.2 Å². The Morgan fingerprint density at radius 1 is 0.968 bits per heavy atom. The minimum atomic E-state index is 0.565. The van der Waals surface area contributed by atoms with Crippen molar-refractivity contribution in [2.24, 2.45) is 0 Å². The van der Waals surface area contributed by atoms with Crippen molar-refractivity contribution in [2.45, 2.75) is 13.3 Å². The molecule has 1 aliphatic rings. The highest BCUT2D eigenvalue weighted by Gasteiger charge is 2.16. The molecule has 0 aliphatic carbocycles. The molecule has 8 heteroatoms. The lowest BCUT2D eigenvalue weighted by Gasteiger charge is -2.34. The van der Waals surface area contributed by atoms with Crippen LogP contribution in [0.25, 0.3) is 16.8 Å². The van der Waals surface area contributed by atoms with Crippen molar-refractivity contribution in [2.75, 3.05) is 43.4 Å². The first-order valence-corrected chi connectivity index (χ1v) is 10.7. The SMILES string of the molecule is CCc1nn2ncccc2c1-c1ccnc(Nc2ccc(N3CCN(C)CC3)cc2)n1. The van der Waals surface area contributed by atoms with Crippen molar-refractivity contribution in [3.63, 3.8) is 0 Å². The number of anilines is 3. The number of hydrogen-bond acceptors (Lipinski definition) is 7. The second-order valence-electron chi connectivity index (χ2n) is 7.80. The van der Waals surface area contributed by atoms with Crippen LogP contribution in [0.5, 0.6) is 0 Å². The van der Waals surface area contributed by atoms with E-state index in [-0.39, 0.29) is 0 Å². The highest BCUT2D eigenvalue weighted by molar-refractivity contribution is 5.80. The molecule has 1 aromatic carbocycles. The molecule has 3 aromatic heterocycles. The average molecular weight is 415 g/mol. The van der Waals surface area contributed by atoms with Gasteiger partial charge in [0.15, 0.2) is 0 Å². The van der Waals surface area contributed by atoms with Gasteiger partial charge in [0.05, 0.1) is 22.5 Å². The Morgan fingerprint density at radius 3 is 2.55 bits per heavy atom. The minimum absolute atomic E-state index is 0.565. The van der Waals surface area contributed by atoms with Gasteiger partial charge < -0.3 is 15.1 Å². The Balaban J connectivity index is 1.38. The summed E-state index contributed by atoms with van der Waals surface area (Å²) in [5.41, 5.74) is 5.98. The zero-order valence-corrected chi connectivity index (χ0v) is 17.9. The van der Waals surface area contributed by atoms with Gasteiger partial charge in [0.1, 0.15) is 0 Å². The van der Waals surface area contributed by atoms with Gasteiger partial charge in [-0.05, 0) is 55.9 Å². The molecule has 0 bridgehead atoms. The maximum atomic E-state index is 4.77. The first kappa shape index (κ1) is 19.4. The molecule has 4 aromatic rings. The topological polar surface area (TPSA) is 74.5 Å². The molecule has 1 N–H and O–H groups in total. The molecular weight excluding hydrogens is 388 g/mol. The summed E-state index contributed by atoms with van der Waals surface area (Å²) < 4.78 is 1.67. The molecule has 31 heavy (non-hydrogen) atoms. The highest BCUT2D eigenvalue weighted by Crippen LogP contribution is 2.28. The van der Waals surface area contributed by atoms with Crippen LogP contribution in [0.1, 0.15) is 12.6 Å². The number of piperazine rings is 1. The van der Waals surface area contributed by atoms with Crippen LogP contribution in [0, 0.1) is 0 Å². The van der Waals surface area contributed by atoms with Gasteiger partial charge in [0.2, 0.25) is 5.95 Å². The number of benzene rings is 1. The summed E-state index contributed by atoms with van der Waals surface area (Å²) in [4.78, 5) is 14.0. The number of aromatic nitrogens is 5. The first-order valence-electron chi connectivity index (χ1n) is 10.7. The lowest BCUT2D eigenvalue weighted by atomic mass is 10.1. The fourth-order valence-corrected chi connectivity index (χ4v) is 3.97. The summed E-state index contributed by atoms with van der Waals surface area (Å²) in [6.07, 6.45) is 4.32. The Hall–Kier alpha value is -3.52. The molecule has 5 rings (SSSR count). The van der Waals surface area contributed by atoms with E-state index in [4.69, 9.17) is 4.98 Å². The van der Waals surface area contributed by atoms with Crippen LogP contribution in [0.3, 0.4) is 0 Å². The average Bonchev–Trinajstić information content (AvgIpc) is 3.19. The van der Waals surface area contributed by atoms with Gasteiger partial charge in [-0.1, -0.05) is 6.92 Å². The zero-order chi connectivity index (χ0) is 21.2. The van der Waals surface area contributed by atoms with E-state index in [0.717, 1.165) is 60.8 Å². The maximum absolute atomic E-state index is 4.77. The Labute approximate surface area is 181 Å². The molecule has 0 atom stereocenters. The summed E-state index contributed by atoms with van der Waals surface area (Å²) in [6.45, 7) is 6.40. The Kier molecular flexibility index (Phi) is 5.21. The van der Waals surface area contributed by atoms with Crippen LogP contribution in [0.2, 0.25) is 0 Å². The van der Waals surface area contributed by atoms with Crippen LogP contribution in [0.15, 0.2) is 54.9 Å². The van der Waals surface area contributed by atoms with Crippen molar-refractivity contribution in [1.82, 2.24) is 29.7 Å². The van der Waals surface area contributed by atoms with Crippen molar-refractivity contribution < 1.29 is 0 Å². The third-order valence-corrected chi connectivity index (χ3v) is 5.73. The van der Waals surface area contributed by atoms with Gasteiger partial charge in [-0.3, -0.25) is 0 Å². The van der Waals surface area contributed by atoms with Gasteiger partial charge in [-0.25, -0.2) is 9.97 Å². The summed E-state index contributed by atoms with van der Waals surface area (Å²) in [5, 5.41) is 12.3. The molecule has 1 fully saturated rings. The van der Waals surface area contributed by atoms with Gasteiger partial charge in [0, 0.05) is 49.9 Å². The normalized spacial score (nSPS) is 14.8. The molecular formula is C23H26N8. The van der Waals surface area contributed by atoms with E-state index in [1.54, 1.807) is 17.0 Å². The number of rotatable bonds is 5.